The highest BCUT2D eigenvalue weighted by Gasteiger charge is 2.34. The summed E-state index contributed by atoms with van der Waals surface area (Å²) in [5.41, 5.74) is 1.51. The Kier molecular flexibility index (Phi) is 6.74. The van der Waals surface area contributed by atoms with Crippen molar-refractivity contribution in [3.8, 4) is 0 Å². The summed E-state index contributed by atoms with van der Waals surface area (Å²) < 4.78 is 0. The normalized spacial score (nSPS) is 26.8. The topological polar surface area (TPSA) is 6.48 Å². The summed E-state index contributed by atoms with van der Waals surface area (Å²) in [5.74, 6) is 3.47. The van der Waals surface area contributed by atoms with Crippen LogP contribution in [0.25, 0.3) is 0 Å². The van der Waals surface area contributed by atoms with Crippen LogP contribution >= 0.6 is 0 Å². The molecule has 2 atom stereocenters. The maximum absolute atomic E-state index is 2.67. The molecular formula is C22H35N2. The standard InChI is InChI=1S/C22H35N2/c1-3-23-14-8-12-20(17-23)22(16-19-10-6-5-7-11-19)21-13-9-15-24(4-2)18-21/h5-7,10-11,20-21H,3-4,8-9,12-18H2,1-2H3. The van der Waals surface area contributed by atoms with E-state index < -0.39 is 0 Å². The first-order chi connectivity index (χ1) is 11.8. The van der Waals surface area contributed by atoms with Gasteiger partial charge in [-0.2, -0.15) is 0 Å². The van der Waals surface area contributed by atoms with Gasteiger partial charge in [0.15, 0.2) is 0 Å². The van der Waals surface area contributed by atoms with E-state index in [4.69, 9.17) is 0 Å². The number of benzene rings is 1. The third kappa shape index (κ3) is 4.61. The summed E-state index contributed by atoms with van der Waals surface area (Å²) in [6.45, 7) is 12.2. The first kappa shape index (κ1) is 17.9. The molecular weight excluding hydrogens is 292 g/mol. The third-order valence-corrected chi connectivity index (χ3v) is 6.21. The zero-order chi connectivity index (χ0) is 16.8. The number of rotatable bonds is 6. The predicted octanol–water partition coefficient (Wildman–Crippen LogP) is 4.27. The molecule has 2 nitrogen and oxygen atoms in total. The average molecular weight is 328 g/mol. The van der Waals surface area contributed by atoms with Crippen molar-refractivity contribution in [3.05, 3.63) is 41.8 Å². The Balaban J connectivity index is 1.75. The number of piperidine rings is 2. The average Bonchev–Trinajstić information content (AvgIpc) is 2.67. The van der Waals surface area contributed by atoms with Gasteiger partial charge in [0.05, 0.1) is 0 Å². The van der Waals surface area contributed by atoms with Gasteiger partial charge in [-0.3, -0.25) is 0 Å². The summed E-state index contributed by atoms with van der Waals surface area (Å²) in [6.07, 6.45) is 6.76. The molecule has 133 valence electrons. The molecule has 0 aliphatic carbocycles. The molecule has 2 fully saturated rings. The third-order valence-electron chi connectivity index (χ3n) is 6.21. The lowest BCUT2D eigenvalue weighted by atomic mass is 9.71. The van der Waals surface area contributed by atoms with E-state index in [0.717, 1.165) is 11.8 Å². The van der Waals surface area contributed by atoms with E-state index in [1.165, 1.54) is 76.9 Å². The van der Waals surface area contributed by atoms with Crippen molar-refractivity contribution in [1.29, 1.82) is 0 Å². The Hall–Kier alpha value is -0.860. The number of hydrogen-bond acceptors (Lipinski definition) is 2. The number of hydrogen-bond donors (Lipinski definition) is 0. The smallest absolute Gasteiger partial charge is 0.00153 e. The lowest BCUT2D eigenvalue weighted by molar-refractivity contribution is 0.139. The summed E-state index contributed by atoms with van der Waals surface area (Å²) in [7, 11) is 0. The van der Waals surface area contributed by atoms with E-state index in [2.05, 4.69) is 54.0 Å². The van der Waals surface area contributed by atoms with Crippen molar-refractivity contribution in [2.75, 3.05) is 39.3 Å². The van der Waals surface area contributed by atoms with Gasteiger partial charge >= 0.3 is 0 Å². The van der Waals surface area contributed by atoms with Crippen molar-refractivity contribution in [3.63, 3.8) is 0 Å². The highest BCUT2D eigenvalue weighted by Crippen LogP contribution is 2.38. The van der Waals surface area contributed by atoms with Crippen LogP contribution in [0.1, 0.15) is 45.1 Å². The van der Waals surface area contributed by atoms with Crippen LogP contribution in [0.5, 0.6) is 0 Å². The maximum atomic E-state index is 2.67. The molecule has 0 N–H and O–H groups in total. The molecule has 0 saturated carbocycles. The second-order valence-corrected chi connectivity index (χ2v) is 7.70. The van der Waals surface area contributed by atoms with Gasteiger partial charge in [0.2, 0.25) is 0 Å². The minimum Gasteiger partial charge on any atom is -0.303 e. The van der Waals surface area contributed by atoms with E-state index in [1.54, 1.807) is 0 Å². The summed E-state index contributed by atoms with van der Waals surface area (Å²) >= 11 is 0. The van der Waals surface area contributed by atoms with E-state index in [0.29, 0.717) is 0 Å². The van der Waals surface area contributed by atoms with E-state index in [-0.39, 0.29) is 0 Å². The Labute approximate surface area is 149 Å². The molecule has 2 heterocycles. The molecule has 3 rings (SSSR count). The van der Waals surface area contributed by atoms with Gasteiger partial charge in [-0.25, -0.2) is 0 Å². The fourth-order valence-corrected chi connectivity index (χ4v) is 4.74. The highest BCUT2D eigenvalue weighted by atomic mass is 15.1. The zero-order valence-electron chi connectivity index (χ0n) is 15.7. The van der Waals surface area contributed by atoms with Crippen LogP contribution in [-0.2, 0) is 6.42 Å². The molecule has 0 amide bonds. The maximum Gasteiger partial charge on any atom is 0.00153 e. The Bertz CT molecular complexity index is 448. The fraction of sp³-hybridized carbons (Fsp3) is 0.682. The van der Waals surface area contributed by atoms with E-state index in [9.17, 15) is 0 Å². The molecule has 2 saturated heterocycles. The van der Waals surface area contributed by atoms with Crippen LogP contribution in [0.3, 0.4) is 0 Å². The molecule has 1 radical (unpaired) electrons. The van der Waals surface area contributed by atoms with Crippen LogP contribution < -0.4 is 0 Å². The van der Waals surface area contributed by atoms with Gasteiger partial charge in [-0.1, -0.05) is 44.2 Å². The SMILES string of the molecule is CCN1CCCC([C](Cc2ccccc2)C2CCCN(CC)C2)C1. The Morgan fingerprint density at radius 3 is 1.92 bits per heavy atom. The second kappa shape index (κ2) is 9.01. The van der Waals surface area contributed by atoms with Crippen LogP contribution in [0, 0.1) is 17.8 Å². The minimum absolute atomic E-state index is 0.806. The van der Waals surface area contributed by atoms with Crippen LogP contribution in [-0.4, -0.2) is 49.1 Å². The molecule has 0 aromatic heterocycles. The van der Waals surface area contributed by atoms with Gasteiger partial charge in [0, 0.05) is 13.1 Å². The minimum atomic E-state index is 0.806. The van der Waals surface area contributed by atoms with Crippen LogP contribution in [0.2, 0.25) is 0 Å². The molecule has 0 spiro atoms. The van der Waals surface area contributed by atoms with E-state index >= 15 is 0 Å². The molecule has 2 aliphatic heterocycles. The van der Waals surface area contributed by atoms with Crippen LogP contribution in [0.4, 0.5) is 0 Å². The summed E-state index contributed by atoms with van der Waals surface area (Å²) in [6, 6.07) is 11.2. The Morgan fingerprint density at radius 1 is 0.875 bits per heavy atom. The van der Waals surface area contributed by atoms with Crippen molar-refractivity contribution in [2.45, 2.75) is 46.0 Å². The highest BCUT2D eigenvalue weighted by molar-refractivity contribution is 5.22. The van der Waals surface area contributed by atoms with Crippen molar-refractivity contribution in [2.24, 2.45) is 11.8 Å². The monoisotopic (exact) mass is 327 g/mol. The second-order valence-electron chi connectivity index (χ2n) is 7.70. The quantitative estimate of drug-likeness (QED) is 0.770. The number of nitrogens with zero attached hydrogens (tertiary/aromatic N) is 2. The largest absolute Gasteiger partial charge is 0.303 e. The lowest BCUT2D eigenvalue weighted by Crippen LogP contribution is -2.44. The first-order valence-corrected chi connectivity index (χ1v) is 10.1. The Morgan fingerprint density at radius 2 is 1.42 bits per heavy atom. The molecule has 24 heavy (non-hydrogen) atoms. The molecule has 1 aromatic carbocycles. The van der Waals surface area contributed by atoms with Crippen molar-refractivity contribution >= 4 is 0 Å². The van der Waals surface area contributed by atoms with Gasteiger partial charge in [0.1, 0.15) is 0 Å². The summed E-state index contributed by atoms with van der Waals surface area (Å²) in [4.78, 5) is 5.33. The van der Waals surface area contributed by atoms with Gasteiger partial charge in [-0.15, -0.1) is 0 Å². The molecule has 2 unspecified atom stereocenters. The summed E-state index contributed by atoms with van der Waals surface area (Å²) in [5, 5.41) is 0. The zero-order valence-corrected chi connectivity index (χ0v) is 15.7. The number of likely N-dealkylation sites (tertiary alicyclic amines) is 2. The lowest BCUT2D eigenvalue weighted by Gasteiger charge is -2.43. The van der Waals surface area contributed by atoms with Crippen molar-refractivity contribution in [1.82, 2.24) is 9.80 Å². The van der Waals surface area contributed by atoms with Crippen molar-refractivity contribution < 1.29 is 0 Å². The molecule has 2 heteroatoms. The van der Waals surface area contributed by atoms with Gasteiger partial charge < -0.3 is 9.80 Å². The first-order valence-electron chi connectivity index (χ1n) is 10.1. The van der Waals surface area contributed by atoms with Crippen LogP contribution in [0.15, 0.2) is 30.3 Å². The fourth-order valence-electron chi connectivity index (χ4n) is 4.74. The van der Waals surface area contributed by atoms with Gasteiger partial charge in [0.25, 0.3) is 0 Å². The van der Waals surface area contributed by atoms with E-state index in [1.807, 2.05) is 5.92 Å². The molecule has 1 aromatic rings. The van der Waals surface area contributed by atoms with Gasteiger partial charge in [-0.05, 0) is 81.6 Å². The molecule has 2 aliphatic rings. The molecule has 0 bridgehead atoms. The predicted molar refractivity (Wildman–Crippen MR) is 103 cm³/mol.